The summed E-state index contributed by atoms with van der Waals surface area (Å²) in [5, 5.41) is 20.0. The van der Waals surface area contributed by atoms with Crippen molar-refractivity contribution in [3.63, 3.8) is 0 Å². The summed E-state index contributed by atoms with van der Waals surface area (Å²) >= 11 is 0. The predicted molar refractivity (Wildman–Crippen MR) is 61.0 cm³/mol. The highest BCUT2D eigenvalue weighted by atomic mass is 19.4. The van der Waals surface area contributed by atoms with Gasteiger partial charge in [0, 0.05) is 13.2 Å². The molecule has 0 bridgehead atoms. The maximum atomic E-state index is 12.5. The molecule has 1 aromatic heterocycles. The first kappa shape index (κ1) is 15.2. The summed E-state index contributed by atoms with van der Waals surface area (Å²) in [6.45, 7) is 0.193. The second-order valence-corrected chi connectivity index (χ2v) is 3.75. The molecule has 1 aromatic rings. The molecule has 3 N–H and O–H groups in total. The number of aliphatic hydroxyl groups excluding tert-OH is 1. The Kier molecular flexibility index (Phi) is 5.11. The highest BCUT2D eigenvalue weighted by molar-refractivity contribution is 5.93. The zero-order valence-electron chi connectivity index (χ0n) is 9.87. The Morgan fingerprint density at radius 1 is 1.32 bits per heavy atom. The van der Waals surface area contributed by atoms with Crippen LogP contribution in [0.25, 0.3) is 0 Å². The van der Waals surface area contributed by atoms with Crippen LogP contribution in [0, 0.1) is 0 Å². The number of aromatic carboxylic acids is 1. The van der Waals surface area contributed by atoms with Crippen LogP contribution in [0.1, 0.15) is 28.9 Å². The van der Waals surface area contributed by atoms with Crippen LogP contribution in [0.15, 0.2) is 12.1 Å². The van der Waals surface area contributed by atoms with Crippen LogP contribution in [-0.4, -0.2) is 34.3 Å². The van der Waals surface area contributed by atoms with E-state index in [-0.39, 0.29) is 24.5 Å². The summed E-state index contributed by atoms with van der Waals surface area (Å²) in [5.41, 5.74) is -1.47. The number of anilines is 1. The molecule has 0 saturated carbocycles. The molecule has 1 heterocycles. The Labute approximate surface area is 107 Å². The van der Waals surface area contributed by atoms with Crippen LogP contribution < -0.4 is 5.32 Å². The molecule has 0 amide bonds. The molecule has 0 aliphatic carbocycles. The number of pyridine rings is 1. The molecule has 0 atom stereocenters. The van der Waals surface area contributed by atoms with Gasteiger partial charge in [-0.2, -0.15) is 13.2 Å². The molecular formula is C11H13F3N2O3. The topological polar surface area (TPSA) is 82.5 Å². The summed E-state index contributed by atoms with van der Waals surface area (Å²) in [6, 6.07) is 1.49. The molecule has 0 unspecified atom stereocenters. The van der Waals surface area contributed by atoms with Crippen molar-refractivity contribution in [2.24, 2.45) is 0 Å². The standard InChI is InChI=1S/C11H13F3N2O3/c12-11(13,14)8-4-3-7(10(18)19)9(16-8)15-5-1-2-6-17/h3-4,17H,1-2,5-6H2,(H,15,16)(H,18,19). The maximum Gasteiger partial charge on any atom is 0.433 e. The van der Waals surface area contributed by atoms with Crippen LogP contribution in [0.5, 0.6) is 0 Å². The third-order valence-corrected chi connectivity index (χ3v) is 2.29. The SMILES string of the molecule is O=C(O)c1ccc(C(F)(F)F)nc1NCCCCO. The lowest BCUT2D eigenvalue weighted by atomic mass is 10.2. The van der Waals surface area contributed by atoms with E-state index in [2.05, 4.69) is 10.3 Å². The van der Waals surface area contributed by atoms with Crippen molar-refractivity contribution in [1.29, 1.82) is 0 Å². The quantitative estimate of drug-likeness (QED) is 0.693. The highest BCUT2D eigenvalue weighted by Gasteiger charge is 2.33. The number of rotatable bonds is 6. The van der Waals surface area contributed by atoms with E-state index < -0.39 is 17.8 Å². The number of carboxylic acids is 1. The Balaban J connectivity index is 2.93. The summed E-state index contributed by atoms with van der Waals surface area (Å²) in [5.74, 6) is -1.67. The number of aliphatic hydroxyl groups is 1. The normalized spacial score (nSPS) is 11.4. The van der Waals surface area contributed by atoms with Gasteiger partial charge >= 0.3 is 12.1 Å². The molecule has 5 nitrogen and oxygen atoms in total. The summed E-state index contributed by atoms with van der Waals surface area (Å²) in [4.78, 5) is 14.2. The van der Waals surface area contributed by atoms with Crippen LogP contribution in [-0.2, 0) is 6.18 Å². The van der Waals surface area contributed by atoms with E-state index in [1.54, 1.807) is 0 Å². The minimum atomic E-state index is -4.63. The van der Waals surface area contributed by atoms with E-state index in [1.165, 1.54) is 0 Å². The molecule has 0 aliphatic heterocycles. The van der Waals surface area contributed by atoms with Gasteiger partial charge in [-0.3, -0.25) is 0 Å². The summed E-state index contributed by atoms with van der Waals surface area (Å²) in [7, 11) is 0. The zero-order valence-corrected chi connectivity index (χ0v) is 9.87. The van der Waals surface area contributed by atoms with Gasteiger partial charge in [0.05, 0.1) is 0 Å². The Morgan fingerprint density at radius 2 is 2.00 bits per heavy atom. The van der Waals surface area contributed by atoms with E-state index in [1.807, 2.05) is 0 Å². The number of aromatic nitrogens is 1. The maximum absolute atomic E-state index is 12.5. The largest absolute Gasteiger partial charge is 0.478 e. The van der Waals surface area contributed by atoms with Crippen LogP contribution >= 0.6 is 0 Å². The number of unbranched alkanes of at least 4 members (excludes halogenated alkanes) is 1. The van der Waals surface area contributed by atoms with Crippen LogP contribution in [0.3, 0.4) is 0 Å². The third kappa shape index (κ3) is 4.40. The molecule has 0 saturated heterocycles. The van der Waals surface area contributed by atoms with Crippen molar-refractivity contribution in [2.45, 2.75) is 19.0 Å². The van der Waals surface area contributed by atoms with E-state index in [4.69, 9.17) is 10.2 Å². The van der Waals surface area contributed by atoms with E-state index in [9.17, 15) is 18.0 Å². The Bertz CT molecular complexity index is 449. The lowest BCUT2D eigenvalue weighted by Crippen LogP contribution is -2.15. The molecule has 1 rings (SSSR count). The third-order valence-electron chi connectivity index (χ3n) is 2.29. The number of carbonyl (C=O) groups is 1. The van der Waals surface area contributed by atoms with Crippen LogP contribution in [0.4, 0.5) is 19.0 Å². The fourth-order valence-electron chi connectivity index (χ4n) is 1.37. The van der Waals surface area contributed by atoms with Gasteiger partial charge in [-0.1, -0.05) is 0 Å². The van der Waals surface area contributed by atoms with Crippen molar-refractivity contribution in [1.82, 2.24) is 4.98 Å². The first-order chi connectivity index (χ1) is 8.86. The summed E-state index contributed by atoms with van der Waals surface area (Å²) < 4.78 is 37.4. The zero-order chi connectivity index (χ0) is 14.5. The van der Waals surface area contributed by atoms with Gasteiger partial charge in [-0.15, -0.1) is 0 Å². The number of nitrogens with one attached hydrogen (secondary N) is 1. The van der Waals surface area contributed by atoms with Gasteiger partial charge in [-0.05, 0) is 25.0 Å². The fourth-order valence-corrected chi connectivity index (χ4v) is 1.37. The van der Waals surface area contributed by atoms with Gasteiger partial charge in [0.2, 0.25) is 0 Å². The smallest absolute Gasteiger partial charge is 0.433 e. The average Bonchev–Trinajstić information content (AvgIpc) is 2.33. The average molecular weight is 278 g/mol. The predicted octanol–water partition coefficient (Wildman–Crippen LogP) is 1.98. The first-order valence-corrected chi connectivity index (χ1v) is 5.52. The van der Waals surface area contributed by atoms with Gasteiger partial charge < -0.3 is 15.5 Å². The first-order valence-electron chi connectivity index (χ1n) is 5.52. The molecule has 0 spiro atoms. The molecule has 19 heavy (non-hydrogen) atoms. The van der Waals surface area contributed by atoms with Gasteiger partial charge in [0.25, 0.3) is 0 Å². The van der Waals surface area contributed by atoms with E-state index >= 15 is 0 Å². The number of hydrogen-bond acceptors (Lipinski definition) is 4. The van der Waals surface area contributed by atoms with Crippen molar-refractivity contribution >= 4 is 11.8 Å². The number of carboxylic acid groups (broad SMARTS) is 1. The second kappa shape index (κ2) is 6.37. The fraction of sp³-hybridized carbons (Fsp3) is 0.455. The van der Waals surface area contributed by atoms with Crippen LogP contribution in [0.2, 0.25) is 0 Å². The highest BCUT2D eigenvalue weighted by Crippen LogP contribution is 2.29. The number of halogens is 3. The lowest BCUT2D eigenvalue weighted by Gasteiger charge is -2.12. The second-order valence-electron chi connectivity index (χ2n) is 3.75. The molecule has 0 aliphatic rings. The van der Waals surface area contributed by atoms with Gasteiger partial charge in [-0.25, -0.2) is 9.78 Å². The van der Waals surface area contributed by atoms with Crippen molar-refractivity contribution in [3.05, 3.63) is 23.4 Å². The minimum absolute atomic E-state index is 0.0382. The Hall–Kier alpha value is -1.83. The molecular weight excluding hydrogens is 265 g/mol. The van der Waals surface area contributed by atoms with Crippen molar-refractivity contribution < 1.29 is 28.2 Å². The monoisotopic (exact) mass is 278 g/mol. The molecule has 8 heteroatoms. The number of hydrogen-bond donors (Lipinski definition) is 3. The lowest BCUT2D eigenvalue weighted by molar-refractivity contribution is -0.141. The number of alkyl halides is 3. The molecule has 0 aromatic carbocycles. The van der Waals surface area contributed by atoms with Crippen molar-refractivity contribution in [2.75, 3.05) is 18.5 Å². The molecule has 0 fully saturated rings. The van der Waals surface area contributed by atoms with E-state index in [0.29, 0.717) is 18.9 Å². The van der Waals surface area contributed by atoms with Crippen molar-refractivity contribution in [3.8, 4) is 0 Å². The summed E-state index contributed by atoms with van der Waals surface area (Å²) in [6.07, 6.45) is -3.67. The molecule has 106 valence electrons. The molecule has 0 radical (unpaired) electrons. The van der Waals surface area contributed by atoms with Gasteiger partial charge in [0.1, 0.15) is 17.1 Å². The van der Waals surface area contributed by atoms with Gasteiger partial charge in [0.15, 0.2) is 0 Å². The Morgan fingerprint density at radius 3 is 2.53 bits per heavy atom. The number of nitrogens with zero attached hydrogens (tertiary/aromatic N) is 1. The van der Waals surface area contributed by atoms with E-state index in [0.717, 1.165) is 6.07 Å². The minimum Gasteiger partial charge on any atom is -0.478 e.